The van der Waals surface area contributed by atoms with Gasteiger partial charge < -0.3 is 9.32 Å². The third-order valence-corrected chi connectivity index (χ3v) is 5.99. The van der Waals surface area contributed by atoms with E-state index in [4.69, 9.17) is 4.42 Å². The molecule has 2 aromatic rings. The summed E-state index contributed by atoms with van der Waals surface area (Å²) >= 11 is 1.50. The summed E-state index contributed by atoms with van der Waals surface area (Å²) in [7, 11) is 0. The quantitative estimate of drug-likeness (QED) is 0.856. The van der Waals surface area contributed by atoms with Crippen LogP contribution in [0.1, 0.15) is 44.6 Å². The predicted molar refractivity (Wildman–Crippen MR) is 90.9 cm³/mol. The molecule has 0 bridgehead atoms. The smallest absolute Gasteiger partial charge is 0.387 e. The van der Waals surface area contributed by atoms with Gasteiger partial charge in [-0.15, -0.1) is 16.4 Å². The number of rotatable bonds is 3. The van der Waals surface area contributed by atoms with Gasteiger partial charge in [0, 0.05) is 19.0 Å². The lowest BCUT2D eigenvalue weighted by atomic mass is 10.0. The number of hydrogen-bond donors (Lipinski definition) is 0. The van der Waals surface area contributed by atoms with Gasteiger partial charge in [0.25, 0.3) is 5.89 Å². The van der Waals surface area contributed by atoms with E-state index in [1.165, 1.54) is 28.9 Å². The zero-order valence-electron chi connectivity index (χ0n) is 13.5. The van der Waals surface area contributed by atoms with Crippen LogP contribution < -0.4 is 5.76 Å². The summed E-state index contributed by atoms with van der Waals surface area (Å²) in [4.78, 5) is 27.4. The number of amides is 1. The fourth-order valence-electron chi connectivity index (χ4n) is 3.78. The Kier molecular flexibility index (Phi) is 4.26. The summed E-state index contributed by atoms with van der Waals surface area (Å²) in [5, 5.41) is 6.30. The maximum atomic E-state index is 12.5. The topological polar surface area (TPSA) is 68.3 Å². The van der Waals surface area contributed by atoms with E-state index in [1.807, 2.05) is 22.4 Å². The second-order valence-corrected chi connectivity index (χ2v) is 7.58. The third-order valence-electron chi connectivity index (χ3n) is 5.13. The SMILES string of the molecule is O=C(C1CCCC1)N1CCC(n2nc(-c3cccs3)oc2=O)CC1. The van der Waals surface area contributed by atoms with Gasteiger partial charge in [-0.2, -0.15) is 4.68 Å². The number of hydrogen-bond acceptors (Lipinski definition) is 5. The van der Waals surface area contributed by atoms with Gasteiger partial charge in [-0.05, 0) is 37.1 Å². The summed E-state index contributed by atoms with van der Waals surface area (Å²) in [5.74, 6) is 0.512. The minimum absolute atomic E-state index is 0.0163. The van der Waals surface area contributed by atoms with Crippen LogP contribution >= 0.6 is 11.3 Å². The minimum Gasteiger partial charge on any atom is -0.387 e. The minimum atomic E-state index is -0.404. The first kappa shape index (κ1) is 15.6. The highest BCUT2D eigenvalue weighted by Crippen LogP contribution is 2.29. The molecule has 7 heteroatoms. The Labute approximate surface area is 144 Å². The number of thiophene rings is 1. The molecular formula is C17H21N3O3S. The lowest BCUT2D eigenvalue weighted by Gasteiger charge is -2.33. The van der Waals surface area contributed by atoms with Crippen molar-refractivity contribution in [3.05, 3.63) is 28.1 Å². The third kappa shape index (κ3) is 2.92. The van der Waals surface area contributed by atoms with Gasteiger partial charge in [0.05, 0.1) is 10.9 Å². The molecule has 128 valence electrons. The molecular weight excluding hydrogens is 326 g/mol. The number of nitrogens with zero attached hydrogens (tertiary/aromatic N) is 3. The van der Waals surface area contributed by atoms with Crippen LogP contribution in [0.15, 0.2) is 26.7 Å². The Balaban J connectivity index is 1.42. The van der Waals surface area contributed by atoms with Crippen LogP contribution in [-0.4, -0.2) is 33.7 Å². The Morgan fingerprint density at radius 2 is 1.96 bits per heavy atom. The van der Waals surface area contributed by atoms with E-state index in [0.29, 0.717) is 24.9 Å². The van der Waals surface area contributed by atoms with E-state index in [9.17, 15) is 9.59 Å². The fourth-order valence-corrected chi connectivity index (χ4v) is 4.43. The van der Waals surface area contributed by atoms with Crippen molar-refractivity contribution >= 4 is 17.2 Å². The Hall–Kier alpha value is -1.89. The van der Waals surface area contributed by atoms with E-state index >= 15 is 0 Å². The molecule has 4 rings (SSSR count). The molecule has 0 spiro atoms. The second kappa shape index (κ2) is 6.55. The molecule has 1 aliphatic heterocycles. The maximum absolute atomic E-state index is 12.5. The standard InChI is InChI=1S/C17H21N3O3S/c21-16(12-4-1-2-5-12)19-9-7-13(8-10-19)20-17(22)23-15(18-20)14-6-3-11-24-14/h3,6,11-13H,1-2,4-5,7-10H2. The molecule has 0 N–H and O–H groups in total. The maximum Gasteiger partial charge on any atom is 0.437 e. The van der Waals surface area contributed by atoms with Crippen molar-refractivity contribution in [1.82, 2.24) is 14.7 Å². The summed E-state index contributed by atoms with van der Waals surface area (Å²) in [5.41, 5.74) is 0. The van der Waals surface area contributed by atoms with E-state index in [-0.39, 0.29) is 12.0 Å². The average molecular weight is 347 g/mol. The van der Waals surface area contributed by atoms with Crippen LogP contribution in [0.3, 0.4) is 0 Å². The molecule has 0 aromatic carbocycles. The first-order chi connectivity index (χ1) is 11.7. The summed E-state index contributed by atoms with van der Waals surface area (Å²) in [6, 6.07) is 3.82. The monoisotopic (exact) mass is 347 g/mol. The molecule has 0 atom stereocenters. The highest BCUT2D eigenvalue weighted by Gasteiger charge is 2.31. The van der Waals surface area contributed by atoms with Crippen molar-refractivity contribution < 1.29 is 9.21 Å². The van der Waals surface area contributed by atoms with E-state index in [1.54, 1.807) is 0 Å². The van der Waals surface area contributed by atoms with E-state index in [2.05, 4.69) is 5.10 Å². The van der Waals surface area contributed by atoms with Crippen molar-refractivity contribution in [1.29, 1.82) is 0 Å². The number of likely N-dealkylation sites (tertiary alicyclic amines) is 1. The first-order valence-corrected chi connectivity index (χ1v) is 9.52. The van der Waals surface area contributed by atoms with Gasteiger partial charge in [0.15, 0.2) is 0 Å². The van der Waals surface area contributed by atoms with Crippen molar-refractivity contribution in [2.45, 2.75) is 44.6 Å². The van der Waals surface area contributed by atoms with Crippen LogP contribution in [0.4, 0.5) is 0 Å². The van der Waals surface area contributed by atoms with Crippen molar-refractivity contribution in [3.8, 4) is 10.8 Å². The highest BCUT2D eigenvalue weighted by molar-refractivity contribution is 7.13. The number of piperidine rings is 1. The van der Waals surface area contributed by atoms with Crippen molar-refractivity contribution in [3.63, 3.8) is 0 Å². The van der Waals surface area contributed by atoms with Crippen LogP contribution in [0.25, 0.3) is 10.8 Å². The predicted octanol–water partition coefficient (Wildman–Crippen LogP) is 2.92. The normalized spacial score (nSPS) is 19.9. The average Bonchev–Trinajstić information content (AvgIpc) is 3.35. The molecule has 24 heavy (non-hydrogen) atoms. The number of carbonyl (C=O) groups excluding carboxylic acids is 1. The lowest BCUT2D eigenvalue weighted by molar-refractivity contribution is -0.136. The molecule has 6 nitrogen and oxygen atoms in total. The Bertz CT molecular complexity index is 750. The van der Waals surface area contributed by atoms with Gasteiger partial charge >= 0.3 is 5.76 Å². The van der Waals surface area contributed by atoms with Crippen molar-refractivity contribution in [2.75, 3.05) is 13.1 Å². The molecule has 1 saturated heterocycles. The molecule has 1 amide bonds. The molecule has 3 heterocycles. The van der Waals surface area contributed by atoms with E-state index in [0.717, 1.165) is 30.6 Å². The molecule has 1 saturated carbocycles. The lowest BCUT2D eigenvalue weighted by Crippen LogP contribution is -2.42. The fraction of sp³-hybridized carbons (Fsp3) is 0.588. The van der Waals surface area contributed by atoms with E-state index < -0.39 is 5.76 Å². The second-order valence-electron chi connectivity index (χ2n) is 6.63. The summed E-state index contributed by atoms with van der Waals surface area (Å²) < 4.78 is 6.76. The summed E-state index contributed by atoms with van der Waals surface area (Å²) in [6.45, 7) is 1.40. The molecule has 0 radical (unpaired) electrons. The number of carbonyl (C=O) groups is 1. The molecule has 2 aromatic heterocycles. The summed E-state index contributed by atoms with van der Waals surface area (Å²) in [6.07, 6.45) is 5.93. The largest absolute Gasteiger partial charge is 0.437 e. The van der Waals surface area contributed by atoms with Crippen LogP contribution in [0, 0.1) is 5.92 Å². The van der Waals surface area contributed by atoms with Crippen LogP contribution in [-0.2, 0) is 4.79 Å². The molecule has 2 aliphatic rings. The Morgan fingerprint density at radius 3 is 2.62 bits per heavy atom. The first-order valence-electron chi connectivity index (χ1n) is 8.64. The van der Waals surface area contributed by atoms with Gasteiger partial charge in [0.1, 0.15) is 0 Å². The van der Waals surface area contributed by atoms with Gasteiger partial charge in [-0.3, -0.25) is 4.79 Å². The zero-order chi connectivity index (χ0) is 16.5. The molecule has 2 fully saturated rings. The number of aromatic nitrogens is 2. The van der Waals surface area contributed by atoms with Crippen molar-refractivity contribution in [2.24, 2.45) is 5.92 Å². The van der Waals surface area contributed by atoms with Gasteiger partial charge in [-0.1, -0.05) is 18.9 Å². The molecule has 0 unspecified atom stereocenters. The van der Waals surface area contributed by atoms with Crippen LogP contribution in [0.5, 0.6) is 0 Å². The van der Waals surface area contributed by atoms with Gasteiger partial charge in [0.2, 0.25) is 5.91 Å². The Morgan fingerprint density at radius 1 is 1.21 bits per heavy atom. The van der Waals surface area contributed by atoms with Crippen LogP contribution in [0.2, 0.25) is 0 Å². The molecule has 1 aliphatic carbocycles. The zero-order valence-corrected chi connectivity index (χ0v) is 14.3. The highest BCUT2D eigenvalue weighted by atomic mass is 32.1. The van der Waals surface area contributed by atoms with Gasteiger partial charge in [-0.25, -0.2) is 4.79 Å².